The highest BCUT2D eigenvalue weighted by Gasteiger charge is 2.05. The van der Waals surface area contributed by atoms with Gasteiger partial charge in [0.1, 0.15) is 5.82 Å². The maximum atomic E-state index is 13.7. The van der Waals surface area contributed by atoms with Crippen molar-refractivity contribution in [2.45, 2.75) is 26.2 Å². The van der Waals surface area contributed by atoms with Crippen LogP contribution in [0.4, 0.5) is 15.8 Å². The van der Waals surface area contributed by atoms with Crippen molar-refractivity contribution < 1.29 is 4.39 Å². The zero-order chi connectivity index (χ0) is 15.9. The van der Waals surface area contributed by atoms with E-state index in [-0.39, 0.29) is 0 Å². The molecule has 0 unspecified atom stereocenters. The number of rotatable bonds is 5. The van der Waals surface area contributed by atoms with Gasteiger partial charge in [-0.15, -0.1) is 0 Å². The normalized spacial score (nSPS) is 10.3. The van der Waals surface area contributed by atoms with E-state index in [0.29, 0.717) is 15.8 Å². The van der Waals surface area contributed by atoms with E-state index >= 15 is 0 Å². The average molecular weight is 337 g/mol. The Balaban J connectivity index is 1.94. The molecule has 2 nitrogen and oxygen atoms in total. The third kappa shape index (κ3) is 4.97. The molecule has 0 heterocycles. The molecule has 0 aliphatic rings. The number of unbranched alkanes of at least 4 members (excludes halogenated alkanes) is 1. The summed E-state index contributed by atoms with van der Waals surface area (Å²) in [7, 11) is 0. The lowest BCUT2D eigenvalue weighted by Gasteiger charge is -2.12. The molecule has 2 aromatic carbocycles. The highest BCUT2D eigenvalue weighted by molar-refractivity contribution is 7.80. The van der Waals surface area contributed by atoms with Crippen LogP contribution < -0.4 is 10.6 Å². The summed E-state index contributed by atoms with van der Waals surface area (Å²) in [5.74, 6) is -0.438. The molecule has 0 bridgehead atoms. The first-order valence-corrected chi connectivity index (χ1v) is 7.99. The van der Waals surface area contributed by atoms with Crippen molar-refractivity contribution in [3.8, 4) is 0 Å². The standard InChI is InChI=1S/C17H18ClFN2S/c1-2-3-4-12-5-8-14(9-6-12)20-17(22)21-16-10-7-13(18)11-15(16)19/h5-11H,2-4H2,1H3,(H2,20,21,22). The minimum absolute atomic E-state index is 0.293. The highest BCUT2D eigenvalue weighted by Crippen LogP contribution is 2.19. The van der Waals surface area contributed by atoms with E-state index in [2.05, 4.69) is 29.7 Å². The molecule has 0 saturated heterocycles. The first kappa shape index (κ1) is 16.7. The van der Waals surface area contributed by atoms with Crippen molar-refractivity contribution in [1.82, 2.24) is 0 Å². The van der Waals surface area contributed by atoms with Crippen LogP contribution in [0.3, 0.4) is 0 Å². The van der Waals surface area contributed by atoms with Crippen LogP contribution in [0.5, 0.6) is 0 Å². The fraction of sp³-hybridized carbons (Fsp3) is 0.235. The van der Waals surface area contributed by atoms with Gasteiger partial charge in [-0.3, -0.25) is 0 Å². The number of hydrogen-bond donors (Lipinski definition) is 2. The smallest absolute Gasteiger partial charge is 0.175 e. The predicted octanol–water partition coefficient (Wildman–Crippen LogP) is 5.63. The second-order valence-corrected chi connectivity index (χ2v) is 5.85. The van der Waals surface area contributed by atoms with Gasteiger partial charge >= 0.3 is 0 Å². The van der Waals surface area contributed by atoms with Crippen molar-refractivity contribution >= 4 is 40.3 Å². The summed E-state index contributed by atoms with van der Waals surface area (Å²) in [5.41, 5.74) is 2.46. The molecular formula is C17H18ClFN2S. The molecule has 22 heavy (non-hydrogen) atoms. The third-order valence-electron chi connectivity index (χ3n) is 3.21. The van der Waals surface area contributed by atoms with Gasteiger partial charge in [-0.25, -0.2) is 4.39 Å². The quantitative estimate of drug-likeness (QED) is 0.692. The number of aryl methyl sites for hydroxylation is 1. The summed E-state index contributed by atoms with van der Waals surface area (Å²) in [6.45, 7) is 2.18. The fourth-order valence-electron chi connectivity index (χ4n) is 2.01. The molecule has 0 aliphatic heterocycles. The topological polar surface area (TPSA) is 24.1 Å². The number of halogens is 2. The van der Waals surface area contributed by atoms with Gasteiger partial charge in [0.25, 0.3) is 0 Å². The van der Waals surface area contributed by atoms with E-state index in [1.54, 1.807) is 12.1 Å². The zero-order valence-electron chi connectivity index (χ0n) is 12.3. The lowest BCUT2D eigenvalue weighted by atomic mass is 10.1. The van der Waals surface area contributed by atoms with E-state index in [1.807, 2.05) is 12.1 Å². The monoisotopic (exact) mass is 336 g/mol. The van der Waals surface area contributed by atoms with Crippen molar-refractivity contribution in [2.24, 2.45) is 0 Å². The summed E-state index contributed by atoms with van der Waals surface area (Å²) >= 11 is 10.9. The Labute approximate surface area is 140 Å². The second-order valence-electron chi connectivity index (χ2n) is 5.00. The minimum atomic E-state index is -0.438. The van der Waals surface area contributed by atoms with E-state index in [1.165, 1.54) is 24.5 Å². The number of anilines is 2. The molecule has 2 N–H and O–H groups in total. The number of benzene rings is 2. The van der Waals surface area contributed by atoms with Crippen LogP contribution in [0.15, 0.2) is 42.5 Å². The molecule has 0 fully saturated rings. The minimum Gasteiger partial charge on any atom is -0.332 e. The predicted molar refractivity (Wildman–Crippen MR) is 96.3 cm³/mol. The van der Waals surface area contributed by atoms with Gasteiger partial charge in [0, 0.05) is 10.7 Å². The van der Waals surface area contributed by atoms with Gasteiger partial charge in [0.05, 0.1) is 5.69 Å². The van der Waals surface area contributed by atoms with Crippen molar-refractivity contribution in [3.63, 3.8) is 0 Å². The van der Waals surface area contributed by atoms with Crippen LogP contribution in [-0.4, -0.2) is 5.11 Å². The zero-order valence-corrected chi connectivity index (χ0v) is 13.9. The maximum Gasteiger partial charge on any atom is 0.175 e. The molecular weight excluding hydrogens is 319 g/mol. The van der Waals surface area contributed by atoms with Crippen LogP contribution >= 0.6 is 23.8 Å². The highest BCUT2D eigenvalue weighted by atomic mass is 35.5. The van der Waals surface area contributed by atoms with Crippen LogP contribution in [0.2, 0.25) is 5.02 Å². The van der Waals surface area contributed by atoms with Crippen molar-refractivity contribution in [1.29, 1.82) is 0 Å². The summed E-state index contributed by atoms with van der Waals surface area (Å²) in [6.07, 6.45) is 3.44. The van der Waals surface area contributed by atoms with E-state index in [0.717, 1.165) is 12.1 Å². The lowest BCUT2D eigenvalue weighted by molar-refractivity contribution is 0.632. The summed E-state index contributed by atoms with van der Waals surface area (Å²) in [4.78, 5) is 0. The first-order valence-electron chi connectivity index (χ1n) is 7.20. The van der Waals surface area contributed by atoms with Crippen LogP contribution in [-0.2, 0) is 6.42 Å². The number of nitrogens with one attached hydrogen (secondary N) is 2. The molecule has 5 heteroatoms. The first-order chi connectivity index (χ1) is 10.6. The molecule has 0 atom stereocenters. The van der Waals surface area contributed by atoms with Crippen LogP contribution in [0.1, 0.15) is 25.3 Å². The van der Waals surface area contributed by atoms with Gasteiger partial charge in [-0.2, -0.15) is 0 Å². The molecule has 2 aromatic rings. The molecule has 0 aliphatic carbocycles. The van der Waals surface area contributed by atoms with Crippen LogP contribution in [0, 0.1) is 5.82 Å². The van der Waals surface area contributed by atoms with Crippen molar-refractivity contribution in [3.05, 3.63) is 58.9 Å². The SMILES string of the molecule is CCCCc1ccc(NC(=S)Nc2ccc(Cl)cc2F)cc1. The molecule has 0 radical (unpaired) electrons. The van der Waals surface area contributed by atoms with E-state index in [9.17, 15) is 4.39 Å². The van der Waals surface area contributed by atoms with Gasteiger partial charge in [0.2, 0.25) is 0 Å². The summed E-state index contributed by atoms with van der Waals surface area (Å²) in [5, 5.41) is 6.54. The van der Waals surface area contributed by atoms with Gasteiger partial charge in [-0.1, -0.05) is 37.1 Å². The molecule has 0 saturated carbocycles. The largest absolute Gasteiger partial charge is 0.332 e. The van der Waals surface area contributed by atoms with Gasteiger partial charge < -0.3 is 10.6 Å². The Morgan fingerprint density at radius 1 is 1.14 bits per heavy atom. The summed E-state index contributed by atoms with van der Waals surface area (Å²) in [6, 6.07) is 12.5. The molecule has 0 amide bonds. The Morgan fingerprint density at radius 3 is 2.50 bits per heavy atom. The lowest BCUT2D eigenvalue weighted by Crippen LogP contribution is -2.19. The molecule has 0 aromatic heterocycles. The van der Waals surface area contributed by atoms with Gasteiger partial charge in [-0.05, 0) is 61.0 Å². The number of hydrogen-bond acceptors (Lipinski definition) is 1. The fourth-order valence-corrected chi connectivity index (χ4v) is 2.40. The van der Waals surface area contributed by atoms with Crippen molar-refractivity contribution in [2.75, 3.05) is 10.6 Å². The maximum absolute atomic E-state index is 13.7. The average Bonchev–Trinajstić information content (AvgIpc) is 2.49. The molecule has 2 rings (SSSR count). The Hall–Kier alpha value is -1.65. The Bertz CT molecular complexity index is 644. The van der Waals surface area contributed by atoms with Crippen LogP contribution in [0.25, 0.3) is 0 Å². The van der Waals surface area contributed by atoms with Gasteiger partial charge in [0.15, 0.2) is 5.11 Å². The number of thiocarbonyl (C=S) groups is 1. The third-order valence-corrected chi connectivity index (χ3v) is 3.65. The Kier molecular flexibility index (Phi) is 6.16. The molecule has 116 valence electrons. The van der Waals surface area contributed by atoms with E-state index in [4.69, 9.17) is 23.8 Å². The summed E-state index contributed by atoms with van der Waals surface area (Å²) < 4.78 is 13.7. The van der Waals surface area contributed by atoms with E-state index < -0.39 is 5.82 Å². The molecule has 0 spiro atoms. The second kappa shape index (κ2) is 8.11. The Morgan fingerprint density at radius 2 is 1.86 bits per heavy atom.